The van der Waals surface area contributed by atoms with Gasteiger partial charge in [-0.2, -0.15) is 0 Å². The van der Waals surface area contributed by atoms with Gasteiger partial charge in [0.1, 0.15) is 5.75 Å². The lowest BCUT2D eigenvalue weighted by atomic mass is 9.88. The third kappa shape index (κ3) is 8.97. The molecule has 2 N–H and O–H groups in total. The van der Waals surface area contributed by atoms with Crippen LogP contribution in [0.5, 0.6) is 5.75 Å². The van der Waals surface area contributed by atoms with Gasteiger partial charge in [-0.05, 0) is 82.1 Å². The van der Waals surface area contributed by atoms with Crippen LogP contribution in [-0.2, 0) is 27.1 Å². The number of β-amino-alcohol motifs (C(OH)–C–C–N with tert-alkyl or cyclic N) is 1. The zero-order valence-corrected chi connectivity index (χ0v) is 23.7. The first-order valence-electron chi connectivity index (χ1n) is 13.8. The van der Waals surface area contributed by atoms with Gasteiger partial charge in [-0.25, -0.2) is 0 Å². The van der Waals surface area contributed by atoms with Crippen LogP contribution in [0, 0.1) is 5.92 Å². The van der Waals surface area contributed by atoms with Crippen LogP contribution in [0.2, 0.25) is 0 Å². The van der Waals surface area contributed by atoms with Crippen molar-refractivity contribution in [2.75, 3.05) is 26.9 Å². The molecule has 208 valence electrons. The van der Waals surface area contributed by atoms with Gasteiger partial charge in [0.15, 0.2) is 0 Å². The fourth-order valence-electron chi connectivity index (χ4n) is 5.29. The Morgan fingerprint density at radius 2 is 1.87 bits per heavy atom. The molecular formula is C32H45NO5. The largest absolute Gasteiger partial charge is 0.496 e. The minimum absolute atomic E-state index is 0.0758. The van der Waals surface area contributed by atoms with E-state index >= 15 is 0 Å². The van der Waals surface area contributed by atoms with Gasteiger partial charge in [0, 0.05) is 24.1 Å². The summed E-state index contributed by atoms with van der Waals surface area (Å²) in [5.74, 6) is 1.16. The molecule has 0 fully saturated rings. The number of hydrogen-bond acceptors (Lipinski definition) is 6. The molecule has 0 saturated heterocycles. The van der Waals surface area contributed by atoms with Crippen LogP contribution in [0.4, 0.5) is 0 Å². The van der Waals surface area contributed by atoms with Gasteiger partial charge in [0.25, 0.3) is 0 Å². The van der Waals surface area contributed by atoms with E-state index in [4.69, 9.17) is 14.2 Å². The molecule has 0 amide bonds. The Hall–Kier alpha value is -2.67. The van der Waals surface area contributed by atoms with E-state index in [0.717, 1.165) is 36.1 Å². The molecule has 0 aromatic heterocycles. The Balaban J connectivity index is 1.49. The summed E-state index contributed by atoms with van der Waals surface area (Å²) in [6.45, 7) is 9.29. The number of methoxy groups -OCH3 is 1. The number of carbonyl (C=O) groups is 1. The highest BCUT2D eigenvalue weighted by atomic mass is 16.5. The van der Waals surface area contributed by atoms with Gasteiger partial charge < -0.3 is 24.6 Å². The molecule has 0 unspecified atom stereocenters. The van der Waals surface area contributed by atoms with Crippen LogP contribution in [0.15, 0.2) is 48.5 Å². The molecule has 0 bridgehead atoms. The lowest BCUT2D eigenvalue weighted by Crippen LogP contribution is -2.45. The van der Waals surface area contributed by atoms with E-state index in [2.05, 4.69) is 43.4 Å². The third-order valence-corrected chi connectivity index (χ3v) is 7.15. The summed E-state index contributed by atoms with van der Waals surface area (Å²) in [5, 5.41) is 14.2. The highest BCUT2D eigenvalue weighted by molar-refractivity contribution is 5.70. The molecule has 0 heterocycles. The van der Waals surface area contributed by atoms with Crippen molar-refractivity contribution < 1.29 is 24.1 Å². The number of nitrogens with one attached hydrogen (secondary N) is 1. The van der Waals surface area contributed by atoms with Crippen LogP contribution in [0.25, 0.3) is 6.08 Å². The second-order valence-electron chi connectivity index (χ2n) is 10.9. The molecule has 2 aromatic rings. The maximum Gasteiger partial charge on any atom is 0.306 e. The van der Waals surface area contributed by atoms with Gasteiger partial charge >= 0.3 is 5.97 Å². The number of allylic oxidation sites excluding steroid dienone is 1. The number of carbonyl (C=O) groups excluding carboxylic acids is 1. The van der Waals surface area contributed by atoms with Crippen molar-refractivity contribution >= 4 is 12.0 Å². The van der Waals surface area contributed by atoms with Crippen LogP contribution in [0.3, 0.4) is 0 Å². The summed E-state index contributed by atoms with van der Waals surface area (Å²) in [5.41, 5.74) is 4.76. The molecule has 1 aliphatic rings. The van der Waals surface area contributed by atoms with Crippen molar-refractivity contribution in [3.05, 3.63) is 70.8 Å². The van der Waals surface area contributed by atoms with Crippen molar-refractivity contribution in [2.45, 2.75) is 77.5 Å². The predicted octanol–water partition coefficient (Wildman–Crippen LogP) is 5.66. The SMILES string of the molecule is CCOC(=O)CC/C=C/c1c(OC)cccc1[C@@H](C)OC[C@H](O)CNC(C)(C)CC1Cc2ccccc2C1. The predicted molar refractivity (Wildman–Crippen MR) is 152 cm³/mol. The molecule has 0 aliphatic heterocycles. The van der Waals surface area contributed by atoms with E-state index < -0.39 is 6.10 Å². The van der Waals surface area contributed by atoms with Crippen molar-refractivity contribution in [2.24, 2.45) is 5.92 Å². The number of esters is 1. The number of aliphatic hydroxyl groups excluding tert-OH is 1. The number of benzene rings is 2. The Bertz CT molecular complexity index is 1040. The molecule has 0 saturated carbocycles. The number of fused-ring (bicyclic) bond motifs is 1. The minimum atomic E-state index is -0.619. The summed E-state index contributed by atoms with van der Waals surface area (Å²) in [6, 6.07) is 14.6. The Labute approximate surface area is 228 Å². The summed E-state index contributed by atoms with van der Waals surface area (Å²) in [7, 11) is 1.64. The molecular weight excluding hydrogens is 478 g/mol. The average Bonchev–Trinajstić information content (AvgIpc) is 3.30. The lowest BCUT2D eigenvalue weighted by molar-refractivity contribution is -0.143. The fourth-order valence-corrected chi connectivity index (χ4v) is 5.29. The van der Waals surface area contributed by atoms with Crippen molar-refractivity contribution in [3.8, 4) is 5.75 Å². The summed E-state index contributed by atoms with van der Waals surface area (Å²) in [4.78, 5) is 11.6. The second kappa shape index (κ2) is 14.5. The zero-order valence-electron chi connectivity index (χ0n) is 23.7. The van der Waals surface area contributed by atoms with Gasteiger partial charge in [0.2, 0.25) is 0 Å². The normalized spacial score (nSPS) is 15.4. The van der Waals surface area contributed by atoms with E-state index in [1.54, 1.807) is 14.0 Å². The molecule has 3 rings (SSSR count). The molecule has 38 heavy (non-hydrogen) atoms. The minimum Gasteiger partial charge on any atom is -0.496 e. The summed E-state index contributed by atoms with van der Waals surface area (Å²) >= 11 is 0. The van der Waals surface area contributed by atoms with Gasteiger partial charge in [0.05, 0.1) is 32.5 Å². The molecule has 2 atom stereocenters. The van der Waals surface area contributed by atoms with Crippen LogP contribution >= 0.6 is 0 Å². The standard InChI is InChI=1S/C32H45NO5/c1-6-37-31(35)17-10-9-14-29-28(15-11-16-30(29)36-5)23(2)38-22-27(34)21-33-32(3,4)20-24-18-25-12-7-8-13-26(25)19-24/h7-9,11-16,23-24,27,33-34H,6,10,17-22H2,1-5H3/b14-9+/t23-,27-/m1/s1. The highest BCUT2D eigenvalue weighted by Gasteiger charge is 2.28. The molecule has 0 spiro atoms. The first-order chi connectivity index (χ1) is 18.2. The molecule has 0 radical (unpaired) electrons. The first-order valence-corrected chi connectivity index (χ1v) is 13.8. The Kier molecular flexibility index (Phi) is 11.4. The quantitative estimate of drug-likeness (QED) is 0.293. The molecule has 6 nitrogen and oxygen atoms in total. The first kappa shape index (κ1) is 29.9. The lowest BCUT2D eigenvalue weighted by Gasteiger charge is -2.31. The zero-order chi connectivity index (χ0) is 27.5. The number of hydrogen-bond donors (Lipinski definition) is 2. The van der Waals surface area contributed by atoms with Crippen LogP contribution in [0.1, 0.15) is 75.3 Å². The Morgan fingerprint density at radius 1 is 1.16 bits per heavy atom. The topological polar surface area (TPSA) is 77.0 Å². The summed E-state index contributed by atoms with van der Waals surface area (Å²) < 4.78 is 16.7. The third-order valence-electron chi connectivity index (χ3n) is 7.15. The van der Waals surface area contributed by atoms with E-state index in [0.29, 0.717) is 31.9 Å². The molecule has 1 aliphatic carbocycles. The molecule has 6 heteroatoms. The van der Waals surface area contributed by atoms with Gasteiger partial charge in [-0.3, -0.25) is 4.79 Å². The van der Waals surface area contributed by atoms with E-state index in [1.165, 1.54) is 11.1 Å². The number of ether oxygens (including phenoxy) is 3. The average molecular weight is 524 g/mol. The smallest absolute Gasteiger partial charge is 0.306 e. The van der Waals surface area contributed by atoms with E-state index in [-0.39, 0.29) is 24.2 Å². The maximum absolute atomic E-state index is 11.6. The number of aliphatic hydroxyl groups is 1. The number of rotatable bonds is 15. The van der Waals surface area contributed by atoms with E-state index in [9.17, 15) is 9.90 Å². The molecule has 2 aromatic carbocycles. The fraction of sp³-hybridized carbons (Fsp3) is 0.531. The Morgan fingerprint density at radius 3 is 2.53 bits per heavy atom. The van der Waals surface area contributed by atoms with Crippen molar-refractivity contribution in [1.29, 1.82) is 0 Å². The van der Waals surface area contributed by atoms with Crippen molar-refractivity contribution in [1.82, 2.24) is 5.32 Å². The van der Waals surface area contributed by atoms with E-state index in [1.807, 2.05) is 37.3 Å². The highest BCUT2D eigenvalue weighted by Crippen LogP contribution is 2.32. The van der Waals surface area contributed by atoms with Gasteiger partial charge in [-0.15, -0.1) is 0 Å². The van der Waals surface area contributed by atoms with Crippen LogP contribution in [-0.4, -0.2) is 49.6 Å². The second-order valence-corrected chi connectivity index (χ2v) is 10.9. The van der Waals surface area contributed by atoms with Crippen molar-refractivity contribution in [3.63, 3.8) is 0 Å². The maximum atomic E-state index is 11.6. The van der Waals surface area contributed by atoms with Crippen LogP contribution < -0.4 is 10.1 Å². The summed E-state index contributed by atoms with van der Waals surface area (Å²) in [6.07, 6.45) is 7.30. The monoisotopic (exact) mass is 523 g/mol. The van der Waals surface area contributed by atoms with Gasteiger partial charge in [-0.1, -0.05) is 48.6 Å².